The predicted octanol–water partition coefficient (Wildman–Crippen LogP) is 3.22. The van der Waals surface area contributed by atoms with Gasteiger partial charge in [-0.05, 0) is 17.7 Å². The number of thioether (sulfide) groups is 1. The van der Waals surface area contributed by atoms with Crippen molar-refractivity contribution in [2.24, 2.45) is 0 Å². The summed E-state index contributed by atoms with van der Waals surface area (Å²) in [5.41, 5.74) is 0.600. The van der Waals surface area contributed by atoms with Crippen LogP contribution in [0.2, 0.25) is 0 Å². The van der Waals surface area contributed by atoms with E-state index in [-0.39, 0.29) is 0 Å². The van der Waals surface area contributed by atoms with Gasteiger partial charge in [0.1, 0.15) is 5.75 Å². The number of hydrogen-bond acceptors (Lipinski definition) is 4. The van der Waals surface area contributed by atoms with E-state index in [9.17, 15) is 4.79 Å². The second kappa shape index (κ2) is 5.78. The van der Waals surface area contributed by atoms with E-state index >= 15 is 0 Å². The zero-order valence-electron chi connectivity index (χ0n) is 8.65. The summed E-state index contributed by atoms with van der Waals surface area (Å²) < 4.78 is 5.22. The van der Waals surface area contributed by atoms with Gasteiger partial charge in [-0.1, -0.05) is 12.7 Å². The molecule has 0 radical (unpaired) electrons. The number of aldehydes is 1. The molecule has 1 aromatic rings. The van der Waals surface area contributed by atoms with E-state index in [0.29, 0.717) is 5.57 Å². The number of rotatable bonds is 5. The van der Waals surface area contributed by atoms with Gasteiger partial charge >= 0.3 is 0 Å². The lowest BCUT2D eigenvalue weighted by atomic mass is 10.2. The van der Waals surface area contributed by atoms with Crippen LogP contribution in [-0.2, 0) is 4.79 Å². The van der Waals surface area contributed by atoms with Crippen molar-refractivity contribution in [3.8, 4) is 5.75 Å². The van der Waals surface area contributed by atoms with E-state index in [0.717, 1.165) is 21.8 Å². The van der Waals surface area contributed by atoms with Crippen molar-refractivity contribution in [3.63, 3.8) is 0 Å². The summed E-state index contributed by atoms with van der Waals surface area (Å²) in [6.45, 7) is 3.63. The molecule has 0 unspecified atom stereocenters. The van der Waals surface area contributed by atoms with E-state index in [1.807, 2.05) is 17.7 Å². The molecule has 0 fully saturated rings. The fraction of sp³-hybridized carbons (Fsp3) is 0.182. The minimum Gasteiger partial charge on any atom is -0.495 e. The summed E-state index contributed by atoms with van der Waals surface area (Å²) in [4.78, 5) is 12.7. The molecule has 4 heteroatoms. The number of thiophene rings is 1. The summed E-state index contributed by atoms with van der Waals surface area (Å²) in [7, 11) is 1.62. The van der Waals surface area contributed by atoms with Gasteiger partial charge in [-0.2, -0.15) is 0 Å². The van der Waals surface area contributed by atoms with Crippen molar-refractivity contribution in [2.45, 2.75) is 0 Å². The summed E-state index contributed by atoms with van der Waals surface area (Å²) in [5, 5.41) is 1.94. The van der Waals surface area contributed by atoms with Crippen molar-refractivity contribution in [2.75, 3.05) is 13.4 Å². The van der Waals surface area contributed by atoms with Crippen LogP contribution in [0.1, 0.15) is 4.88 Å². The molecule has 80 valence electrons. The van der Waals surface area contributed by atoms with Gasteiger partial charge < -0.3 is 4.74 Å². The first-order valence-corrected chi connectivity index (χ1v) is 6.36. The highest BCUT2D eigenvalue weighted by atomic mass is 32.2. The molecule has 0 N–H and O–H groups in total. The minimum absolute atomic E-state index is 0.600. The molecule has 0 saturated carbocycles. The molecule has 0 spiro atoms. The second-order valence-corrected chi connectivity index (χ2v) is 4.36. The van der Waals surface area contributed by atoms with Gasteiger partial charge in [0.05, 0.1) is 12.0 Å². The number of carbonyl (C=O) groups is 1. The zero-order valence-corrected chi connectivity index (χ0v) is 10.3. The first-order valence-electron chi connectivity index (χ1n) is 4.26. The first-order chi connectivity index (χ1) is 7.28. The molecule has 1 rings (SSSR count). The Hall–Kier alpha value is -1.00. The molecule has 0 atom stereocenters. The van der Waals surface area contributed by atoms with Crippen LogP contribution in [0.4, 0.5) is 0 Å². The van der Waals surface area contributed by atoms with Crippen LogP contribution in [0.3, 0.4) is 0 Å². The number of allylic oxidation sites excluding steroid dienone is 2. The number of hydrogen-bond donors (Lipinski definition) is 0. The molecule has 2 nitrogen and oxygen atoms in total. The Labute approximate surface area is 97.6 Å². The fourth-order valence-corrected chi connectivity index (χ4v) is 3.03. The SMILES string of the molecule is C=C/C(C=O)=C(\SC)c1sccc1OC. The normalized spacial score (nSPS) is 11.9. The molecule has 1 aromatic heterocycles. The number of ether oxygens (including phenoxy) is 1. The number of carbonyl (C=O) groups excluding carboxylic acids is 1. The summed E-state index contributed by atoms with van der Waals surface area (Å²) in [6, 6.07) is 1.89. The highest BCUT2D eigenvalue weighted by molar-refractivity contribution is 8.08. The number of methoxy groups -OCH3 is 1. The first kappa shape index (κ1) is 12.1. The third-order valence-electron chi connectivity index (χ3n) is 1.87. The Morgan fingerprint density at radius 3 is 2.87 bits per heavy atom. The van der Waals surface area contributed by atoms with Crippen LogP contribution in [-0.4, -0.2) is 19.7 Å². The van der Waals surface area contributed by atoms with Crippen molar-refractivity contribution >= 4 is 34.3 Å². The molecular weight excluding hydrogens is 228 g/mol. The standard InChI is InChI=1S/C11H12O2S2/c1-4-8(7-12)10(14-3)11-9(13-2)5-6-15-11/h4-7H,1H2,2-3H3/b10-8+. The molecule has 0 aliphatic heterocycles. The quantitative estimate of drug-likeness (QED) is 0.449. The van der Waals surface area contributed by atoms with Crippen LogP contribution in [0.25, 0.3) is 4.91 Å². The fourth-order valence-electron chi connectivity index (χ4n) is 1.16. The summed E-state index contributed by atoms with van der Waals surface area (Å²) >= 11 is 3.08. The Kier molecular flexibility index (Phi) is 4.65. The van der Waals surface area contributed by atoms with Crippen LogP contribution in [0.15, 0.2) is 29.7 Å². The molecule has 0 aromatic carbocycles. The van der Waals surface area contributed by atoms with E-state index in [1.165, 1.54) is 11.8 Å². The zero-order chi connectivity index (χ0) is 11.3. The maximum absolute atomic E-state index is 10.9. The molecule has 0 amide bonds. The summed E-state index contributed by atoms with van der Waals surface area (Å²) in [6.07, 6.45) is 4.32. The highest BCUT2D eigenvalue weighted by Crippen LogP contribution is 2.38. The molecular formula is C11H12O2S2. The molecule has 0 aliphatic rings. The molecule has 0 saturated heterocycles. The molecule has 1 heterocycles. The van der Waals surface area contributed by atoms with Crippen molar-refractivity contribution in [1.82, 2.24) is 0 Å². The Morgan fingerprint density at radius 1 is 1.67 bits per heavy atom. The van der Waals surface area contributed by atoms with Crippen LogP contribution < -0.4 is 4.74 Å². The lowest BCUT2D eigenvalue weighted by Crippen LogP contribution is -1.88. The summed E-state index contributed by atoms with van der Waals surface area (Å²) in [5.74, 6) is 0.797. The van der Waals surface area contributed by atoms with Gasteiger partial charge in [-0.15, -0.1) is 23.1 Å². The smallest absolute Gasteiger partial charge is 0.151 e. The highest BCUT2D eigenvalue weighted by Gasteiger charge is 2.12. The van der Waals surface area contributed by atoms with Gasteiger partial charge in [0.25, 0.3) is 0 Å². The van der Waals surface area contributed by atoms with Gasteiger partial charge in [-0.25, -0.2) is 0 Å². The minimum atomic E-state index is 0.600. The Morgan fingerprint density at radius 2 is 2.40 bits per heavy atom. The Bertz CT molecular complexity index is 381. The van der Waals surface area contributed by atoms with Crippen molar-refractivity contribution in [3.05, 3.63) is 34.6 Å². The average molecular weight is 240 g/mol. The van der Waals surface area contributed by atoms with E-state index in [4.69, 9.17) is 4.74 Å². The predicted molar refractivity (Wildman–Crippen MR) is 67.6 cm³/mol. The van der Waals surface area contributed by atoms with Gasteiger partial charge in [0.15, 0.2) is 6.29 Å². The van der Waals surface area contributed by atoms with Gasteiger partial charge in [0.2, 0.25) is 0 Å². The maximum Gasteiger partial charge on any atom is 0.151 e. The average Bonchev–Trinajstić information content (AvgIpc) is 2.73. The van der Waals surface area contributed by atoms with Crippen LogP contribution >= 0.6 is 23.1 Å². The third-order valence-corrected chi connectivity index (χ3v) is 3.76. The van der Waals surface area contributed by atoms with E-state index in [2.05, 4.69) is 6.58 Å². The lowest BCUT2D eigenvalue weighted by Gasteiger charge is -2.06. The van der Waals surface area contributed by atoms with Crippen LogP contribution in [0.5, 0.6) is 5.75 Å². The molecule has 0 aliphatic carbocycles. The monoisotopic (exact) mass is 240 g/mol. The van der Waals surface area contributed by atoms with E-state index < -0.39 is 0 Å². The van der Waals surface area contributed by atoms with Crippen molar-refractivity contribution in [1.29, 1.82) is 0 Å². The second-order valence-electron chi connectivity index (χ2n) is 2.63. The van der Waals surface area contributed by atoms with E-state index in [1.54, 1.807) is 24.5 Å². The molecule has 0 bridgehead atoms. The van der Waals surface area contributed by atoms with Gasteiger partial charge in [-0.3, -0.25) is 4.79 Å². The maximum atomic E-state index is 10.9. The third kappa shape index (κ3) is 2.52. The molecule has 15 heavy (non-hydrogen) atoms. The lowest BCUT2D eigenvalue weighted by molar-refractivity contribution is -0.104. The topological polar surface area (TPSA) is 26.3 Å². The largest absolute Gasteiger partial charge is 0.495 e. The van der Waals surface area contributed by atoms with Gasteiger partial charge in [0, 0.05) is 10.5 Å². The Balaban J connectivity index is 3.28. The van der Waals surface area contributed by atoms with Crippen molar-refractivity contribution < 1.29 is 9.53 Å². The van der Waals surface area contributed by atoms with Crippen LogP contribution in [0, 0.1) is 0 Å².